The summed E-state index contributed by atoms with van der Waals surface area (Å²) in [5, 5.41) is 27.3. The van der Waals surface area contributed by atoms with E-state index in [1.54, 1.807) is 6.92 Å². The van der Waals surface area contributed by atoms with Crippen molar-refractivity contribution in [2.24, 2.45) is 29.4 Å². The number of carboxylic acid groups (broad SMARTS) is 1. The number of likely N-dealkylation sites (tertiary alicyclic amines) is 1. The predicted octanol–water partition coefficient (Wildman–Crippen LogP) is 1.49. The lowest BCUT2D eigenvalue weighted by Gasteiger charge is -2.29. The number of ketones is 5. The summed E-state index contributed by atoms with van der Waals surface area (Å²) in [6.07, 6.45) is 0.0451. The summed E-state index contributed by atoms with van der Waals surface area (Å²) in [6.45, 7) is 10.2. The van der Waals surface area contributed by atoms with Crippen molar-refractivity contribution in [3.63, 3.8) is 0 Å². The lowest BCUT2D eigenvalue weighted by molar-refractivity contribution is -0.146. The van der Waals surface area contributed by atoms with Gasteiger partial charge in [-0.05, 0) is 51.9 Å². The minimum atomic E-state index is -1.26. The number of nitrogens with zero attached hydrogens (tertiary/aromatic N) is 2. The van der Waals surface area contributed by atoms with Crippen molar-refractivity contribution in [2.75, 3.05) is 19.6 Å². The third kappa shape index (κ3) is 19.9. The van der Waals surface area contributed by atoms with E-state index < -0.39 is 126 Å². The fourth-order valence-electron chi connectivity index (χ4n) is 8.39. The number of aliphatic hydroxyl groups excluding tert-OH is 1. The second-order valence-corrected chi connectivity index (χ2v) is 18.6. The number of imide groups is 1. The van der Waals surface area contributed by atoms with Crippen molar-refractivity contribution >= 4 is 70.3 Å². The van der Waals surface area contributed by atoms with Crippen LogP contribution in [-0.2, 0) is 57.5 Å². The molecule has 7 N–H and O–H groups in total. The summed E-state index contributed by atoms with van der Waals surface area (Å²) in [7, 11) is 0. The zero-order valence-corrected chi connectivity index (χ0v) is 40.1. The maximum Gasteiger partial charge on any atom is 0.306 e. The lowest BCUT2D eigenvalue weighted by Crippen LogP contribution is -2.45. The van der Waals surface area contributed by atoms with Gasteiger partial charge in [0.25, 0.3) is 0 Å². The van der Waals surface area contributed by atoms with Crippen molar-refractivity contribution in [1.82, 2.24) is 25.8 Å². The number of aliphatic carboxylic acids is 1. The first-order chi connectivity index (χ1) is 31.5. The molecule has 0 radical (unpaired) electrons. The molecule has 376 valence electrons. The molecule has 0 spiro atoms. The molecule has 2 aliphatic rings. The Balaban J connectivity index is 2.00. The number of carbonyl (C=O) groups excluding carboxylic acids is 11. The third-order valence-corrected chi connectivity index (χ3v) is 12.3. The van der Waals surface area contributed by atoms with Gasteiger partial charge in [-0.3, -0.25) is 62.4 Å². The van der Waals surface area contributed by atoms with E-state index in [2.05, 4.69) is 16.0 Å². The highest BCUT2D eigenvalue weighted by Gasteiger charge is 2.42. The quantitative estimate of drug-likeness (QED) is 0.0393. The molecule has 2 aliphatic heterocycles. The fourth-order valence-corrected chi connectivity index (χ4v) is 8.39. The maximum atomic E-state index is 13.5. The molecule has 0 unspecified atom stereocenters. The van der Waals surface area contributed by atoms with E-state index in [4.69, 9.17) is 5.73 Å². The van der Waals surface area contributed by atoms with E-state index in [1.165, 1.54) is 11.8 Å². The van der Waals surface area contributed by atoms with Crippen LogP contribution in [0.3, 0.4) is 0 Å². The Hall–Kier alpha value is -5.24. The fraction of sp³-hybridized carbons (Fsp3) is 0.745. The summed E-state index contributed by atoms with van der Waals surface area (Å²) in [4.78, 5) is 157. The molecule has 20 nitrogen and oxygen atoms in total. The molecule has 0 aliphatic carbocycles. The summed E-state index contributed by atoms with van der Waals surface area (Å²) >= 11 is 0. The van der Waals surface area contributed by atoms with Gasteiger partial charge in [0.2, 0.25) is 35.4 Å². The van der Waals surface area contributed by atoms with Crippen LogP contribution < -0.4 is 21.7 Å². The van der Waals surface area contributed by atoms with Crippen LogP contribution in [0.2, 0.25) is 0 Å². The third-order valence-electron chi connectivity index (χ3n) is 12.3. The van der Waals surface area contributed by atoms with Crippen LogP contribution in [0.4, 0.5) is 0 Å². The van der Waals surface area contributed by atoms with Crippen molar-refractivity contribution in [1.29, 1.82) is 0 Å². The molecule has 6 amide bonds. The Morgan fingerprint density at radius 1 is 0.821 bits per heavy atom. The van der Waals surface area contributed by atoms with E-state index in [1.807, 2.05) is 27.7 Å². The number of carbonyl (C=O) groups is 12. The van der Waals surface area contributed by atoms with Crippen LogP contribution in [0, 0.1) is 23.7 Å². The zero-order chi connectivity index (χ0) is 50.5. The normalized spacial score (nSPS) is 19.3. The Morgan fingerprint density at radius 3 is 2.09 bits per heavy atom. The average molecular weight is 947 g/mol. The molecule has 2 rings (SSSR count). The molecule has 20 heteroatoms. The molecule has 8 atom stereocenters. The summed E-state index contributed by atoms with van der Waals surface area (Å²) in [5.74, 6) is -10.6. The Kier molecular flexibility index (Phi) is 24.9. The highest BCUT2D eigenvalue weighted by Crippen LogP contribution is 2.26. The number of rotatable bonds is 34. The van der Waals surface area contributed by atoms with Crippen LogP contribution in [0.1, 0.15) is 151 Å². The van der Waals surface area contributed by atoms with Crippen LogP contribution in [0.5, 0.6) is 0 Å². The topological polar surface area (TPSA) is 314 Å². The molecular formula is C47H74N6O14. The van der Waals surface area contributed by atoms with Gasteiger partial charge in [0, 0.05) is 76.8 Å². The molecule has 2 heterocycles. The van der Waals surface area contributed by atoms with E-state index >= 15 is 0 Å². The van der Waals surface area contributed by atoms with Gasteiger partial charge in [-0.15, -0.1) is 0 Å². The smallest absolute Gasteiger partial charge is 0.306 e. The zero-order valence-electron chi connectivity index (χ0n) is 40.1. The first kappa shape index (κ1) is 57.9. The van der Waals surface area contributed by atoms with E-state index in [0.717, 1.165) is 17.7 Å². The number of Topliss-reactive ketones (excluding diaryl/α,β-unsaturated/α-hetero) is 5. The van der Waals surface area contributed by atoms with Gasteiger partial charge >= 0.3 is 5.97 Å². The molecular weight excluding hydrogens is 873 g/mol. The van der Waals surface area contributed by atoms with Gasteiger partial charge in [0.1, 0.15) is 5.78 Å². The van der Waals surface area contributed by atoms with Gasteiger partial charge in [-0.1, -0.05) is 47.0 Å². The molecule has 0 aromatic rings. The largest absolute Gasteiger partial charge is 0.481 e. The number of unbranched alkanes of at least 4 members (excludes halogenated alkanes) is 2. The summed E-state index contributed by atoms with van der Waals surface area (Å²) in [5.41, 5.74) is 5.27. The molecule has 0 bridgehead atoms. The van der Waals surface area contributed by atoms with E-state index in [-0.39, 0.29) is 94.8 Å². The number of carboxylic acids is 1. The van der Waals surface area contributed by atoms with Crippen LogP contribution in [-0.4, -0.2) is 140 Å². The lowest BCUT2D eigenvalue weighted by atomic mass is 9.91. The second-order valence-electron chi connectivity index (χ2n) is 18.6. The SMILES string of the molecule is CCCCC[C@H](CC(=O)[C@H](C)N(CCC)C(=O)CCC(=O)[C@H](C)NC(=O)[C@@H](CC(=O)CN1C(=O)C[C@H](CC(=O)[C@H](CCC(N)=O)NC(=O)CCC(=O)[C@@H]2C[C@@H](O)CN2)C1=O)CC(C)C)C(=O)O. The average Bonchev–Trinajstić information content (AvgIpc) is 3.81. The number of hydrogen-bond acceptors (Lipinski definition) is 14. The van der Waals surface area contributed by atoms with Gasteiger partial charge < -0.3 is 36.8 Å². The number of aliphatic hydroxyl groups is 1. The summed E-state index contributed by atoms with van der Waals surface area (Å²) < 4.78 is 0. The van der Waals surface area contributed by atoms with Crippen molar-refractivity contribution in [2.45, 2.75) is 181 Å². The molecule has 2 saturated heterocycles. The monoisotopic (exact) mass is 947 g/mol. The molecule has 67 heavy (non-hydrogen) atoms. The van der Waals surface area contributed by atoms with Gasteiger partial charge in [-0.2, -0.15) is 0 Å². The first-order valence-electron chi connectivity index (χ1n) is 23.8. The van der Waals surface area contributed by atoms with Gasteiger partial charge in [0.05, 0.1) is 48.7 Å². The standard InChI is InChI=1S/C47H74N6O14/c1-7-9-10-11-30(47(66)67)21-39(58)29(6)52(18-8-2)43(62)17-14-37(56)28(5)50-45(64)31(19-27(3)4)20-34(55)26-53-44(63)23-32(46(53)65)22-40(59)35(12-15-41(48)60)51-42(61)16-13-38(57)36-24-33(54)25-49-36/h27-33,35-36,49,54H,7-26H2,1-6H3,(H2,48,60)(H,50,64)(H,51,61)(H,66,67)/t28-,29-,30+,31+,32-,33+,35-,36-/m0/s1. The number of primary amides is 1. The van der Waals surface area contributed by atoms with Crippen LogP contribution >= 0.6 is 0 Å². The summed E-state index contributed by atoms with van der Waals surface area (Å²) in [6, 6.07) is -3.83. The molecule has 0 aromatic heterocycles. The maximum absolute atomic E-state index is 13.5. The van der Waals surface area contributed by atoms with E-state index in [0.29, 0.717) is 19.3 Å². The number of β-amino-alcohol motifs (C(OH)–C–C–N with tert-alkyl or cyclic N) is 1. The van der Waals surface area contributed by atoms with Crippen molar-refractivity contribution < 1.29 is 67.7 Å². The Morgan fingerprint density at radius 2 is 1.51 bits per heavy atom. The Bertz CT molecular complexity index is 1820. The van der Waals surface area contributed by atoms with Gasteiger partial charge in [-0.25, -0.2) is 0 Å². The number of nitrogens with two attached hydrogens (primary N) is 1. The van der Waals surface area contributed by atoms with Gasteiger partial charge in [0.15, 0.2) is 23.1 Å². The van der Waals surface area contributed by atoms with E-state index in [9.17, 15) is 67.7 Å². The number of hydrogen-bond donors (Lipinski definition) is 6. The predicted molar refractivity (Wildman–Crippen MR) is 242 cm³/mol. The first-order valence-corrected chi connectivity index (χ1v) is 23.8. The number of nitrogens with one attached hydrogen (secondary N) is 3. The second kappa shape index (κ2) is 28.8. The van der Waals surface area contributed by atoms with Crippen molar-refractivity contribution in [3.8, 4) is 0 Å². The molecule has 0 saturated carbocycles. The highest BCUT2D eigenvalue weighted by molar-refractivity contribution is 6.08. The van der Waals surface area contributed by atoms with Crippen LogP contribution in [0.15, 0.2) is 0 Å². The Labute approximate surface area is 393 Å². The molecule has 2 fully saturated rings. The minimum absolute atomic E-state index is 0.0872. The molecule has 0 aromatic carbocycles. The number of amides is 6. The highest BCUT2D eigenvalue weighted by atomic mass is 16.4. The van der Waals surface area contributed by atoms with Crippen molar-refractivity contribution in [3.05, 3.63) is 0 Å². The minimum Gasteiger partial charge on any atom is -0.481 e. The van der Waals surface area contributed by atoms with Crippen LogP contribution in [0.25, 0.3) is 0 Å².